The minimum Gasteiger partial charge on any atom is -0.394 e. The summed E-state index contributed by atoms with van der Waals surface area (Å²) in [5.74, 6) is 2.60. The molecule has 4 N–H and O–H groups in total. The van der Waals surface area contributed by atoms with E-state index >= 15 is 0 Å². The van der Waals surface area contributed by atoms with E-state index < -0.39 is 0 Å². The van der Waals surface area contributed by atoms with Gasteiger partial charge in [0, 0.05) is 11.3 Å². The Balaban J connectivity index is 2.40. The van der Waals surface area contributed by atoms with E-state index in [-0.39, 0.29) is 12.6 Å². The second kappa shape index (κ2) is 8.10. The van der Waals surface area contributed by atoms with Gasteiger partial charge >= 0.3 is 0 Å². The Labute approximate surface area is 139 Å². The van der Waals surface area contributed by atoms with Crippen molar-refractivity contribution in [3.8, 4) is 0 Å². The molecule has 0 aliphatic rings. The van der Waals surface area contributed by atoms with Crippen LogP contribution in [0.4, 0.5) is 5.82 Å². The highest BCUT2D eigenvalue weighted by molar-refractivity contribution is 7.98. The number of hydrogen-bond acceptors (Lipinski definition) is 7. The van der Waals surface area contributed by atoms with E-state index in [4.69, 9.17) is 5.73 Å². The highest BCUT2D eigenvalue weighted by Crippen LogP contribution is 2.33. The molecule has 0 fully saturated rings. The van der Waals surface area contributed by atoms with Crippen molar-refractivity contribution in [2.24, 2.45) is 5.73 Å². The first kappa shape index (κ1) is 17.5. The number of aryl methyl sites for hydroxylation is 2. The first-order valence-electron chi connectivity index (χ1n) is 7.43. The summed E-state index contributed by atoms with van der Waals surface area (Å²) in [7, 11) is 0. The van der Waals surface area contributed by atoms with E-state index in [1.54, 1.807) is 23.1 Å². The summed E-state index contributed by atoms with van der Waals surface area (Å²) < 4.78 is 0. The number of thioether (sulfide) groups is 1. The Morgan fingerprint density at radius 3 is 2.77 bits per heavy atom. The third kappa shape index (κ3) is 3.90. The maximum atomic E-state index is 9.60. The molecule has 0 spiro atoms. The molecule has 0 saturated heterocycles. The predicted molar refractivity (Wildman–Crippen MR) is 97.1 cm³/mol. The van der Waals surface area contributed by atoms with Crippen LogP contribution < -0.4 is 11.1 Å². The van der Waals surface area contributed by atoms with Crippen molar-refractivity contribution in [3.05, 3.63) is 16.3 Å². The third-order valence-corrected chi connectivity index (χ3v) is 5.42. The van der Waals surface area contributed by atoms with Gasteiger partial charge in [-0.3, -0.25) is 0 Å². The SMILES string of the molecule is CSCC[C@@H](CO)Nc1nc(CCN)nc2sc(C)c(C)c12. The van der Waals surface area contributed by atoms with E-state index in [1.807, 2.05) is 0 Å². The highest BCUT2D eigenvalue weighted by atomic mass is 32.2. The minimum absolute atomic E-state index is 0.0101. The zero-order valence-electron chi connectivity index (χ0n) is 13.3. The van der Waals surface area contributed by atoms with Gasteiger partial charge < -0.3 is 16.2 Å². The van der Waals surface area contributed by atoms with E-state index in [2.05, 4.69) is 35.4 Å². The average molecular weight is 341 g/mol. The number of nitrogens with two attached hydrogens (primary N) is 1. The molecule has 1 atom stereocenters. The number of hydrogen-bond donors (Lipinski definition) is 3. The summed E-state index contributed by atoms with van der Waals surface area (Å²) in [6.45, 7) is 4.83. The van der Waals surface area contributed by atoms with Crippen LogP contribution in [-0.2, 0) is 6.42 Å². The van der Waals surface area contributed by atoms with Crippen molar-refractivity contribution in [1.29, 1.82) is 0 Å². The Morgan fingerprint density at radius 1 is 1.36 bits per heavy atom. The molecular weight excluding hydrogens is 316 g/mol. The van der Waals surface area contributed by atoms with E-state index in [9.17, 15) is 5.11 Å². The Hall–Kier alpha value is -0.890. The number of nitrogens with zero attached hydrogens (tertiary/aromatic N) is 2. The molecule has 0 aromatic carbocycles. The summed E-state index contributed by atoms with van der Waals surface area (Å²) in [5, 5.41) is 14.1. The summed E-state index contributed by atoms with van der Waals surface area (Å²) in [6.07, 6.45) is 3.63. The van der Waals surface area contributed by atoms with Gasteiger partial charge in [0.1, 0.15) is 16.5 Å². The zero-order valence-corrected chi connectivity index (χ0v) is 15.0. The minimum atomic E-state index is 0.0101. The topological polar surface area (TPSA) is 84.1 Å². The van der Waals surface area contributed by atoms with Crippen LogP contribution in [0.2, 0.25) is 0 Å². The number of thiophene rings is 1. The molecule has 122 valence electrons. The average Bonchev–Trinajstić information content (AvgIpc) is 2.78. The zero-order chi connectivity index (χ0) is 16.1. The monoisotopic (exact) mass is 340 g/mol. The number of nitrogens with one attached hydrogen (secondary N) is 1. The third-order valence-electron chi connectivity index (χ3n) is 3.67. The van der Waals surface area contributed by atoms with Crippen LogP contribution >= 0.6 is 23.1 Å². The fourth-order valence-electron chi connectivity index (χ4n) is 2.30. The van der Waals surface area contributed by atoms with Crippen LogP contribution in [0.3, 0.4) is 0 Å². The molecule has 2 heterocycles. The van der Waals surface area contributed by atoms with Gasteiger partial charge in [-0.1, -0.05) is 0 Å². The molecule has 0 unspecified atom stereocenters. The number of anilines is 1. The number of aliphatic hydroxyl groups is 1. The van der Waals surface area contributed by atoms with Gasteiger partial charge in [-0.15, -0.1) is 11.3 Å². The van der Waals surface area contributed by atoms with Gasteiger partial charge in [-0.2, -0.15) is 11.8 Å². The predicted octanol–water partition coefficient (Wildman–Crippen LogP) is 2.34. The molecular formula is C15H24N4OS2. The molecule has 7 heteroatoms. The molecule has 22 heavy (non-hydrogen) atoms. The number of rotatable bonds is 8. The first-order valence-corrected chi connectivity index (χ1v) is 9.64. The maximum absolute atomic E-state index is 9.60. The summed E-state index contributed by atoms with van der Waals surface area (Å²) >= 11 is 3.47. The standard InChI is InChI=1S/C15H24N4OS2/c1-9-10(2)22-15-13(9)14(18-12(19-15)4-6-16)17-11(8-20)5-7-21-3/h11,20H,4-8,16H2,1-3H3,(H,17,18,19)/t11-/m0/s1. The molecule has 0 radical (unpaired) electrons. The van der Waals surface area contributed by atoms with Gasteiger partial charge in [-0.05, 0) is 44.4 Å². The van der Waals surface area contributed by atoms with Crippen LogP contribution in [0, 0.1) is 13.8 Å². The molecule has 0 aliphatic heterocycles. The van der Waals surface area contributed by atoms with Gasteiger partial charge in [-0.25, -0.2) is 9.97 Å². The lowest BCUT2D eigenvalue weighted by Gasteiger charge is -2.18. The Bertz CT molecular complexity index is 630. The Kier molecular flexibility index (Phi) is 6.43. The summed E-state index contributed by atoms with van der Waals surface area (Å²) in [5.41, 5.74) is 6.85. The molecule has 0 aliphatic carbocycles. The van der Waals surface area contributed by atoms with Crippen LogP contribution in [0.25, 0.3) is 10.2 Å². The van der Waals surface area contributed by atoms with Crippen LogP contribution in [0.5, 0.6) is 0 Å². The summed E-state index contributed by atoms with van der Waals surface area (Å²) in [4.78, 5) is 11.5. The quantitative estimate of drug-likeness (QED) is 0.684. The van der Waals surface area contributed by atoms with Crippen molar-refractivity contribution >= 4 is 39.1 Å². The van der Waals surface area contributed by atoms with Crippen molar-refractivity contribution in [1.82, 2.24) is 9.97 Å². The van der Waals surface area contributed by atoms with Gasteiger partial charge in [0.25, 0.3) is 0 Å². The van der Waals surface area contributed by atoms with E-state index in [0.717, 1.165) is 34.0 Å². The number of fused-ring (bicyclic) bond motifs is 1. The molecule has 2 rings (SSSR count). The molecule has 0 saturated carbocycles. The lowest BCUT2D eigenvalue weighted by Crippen LogP contribution is -2.25. The van der Waals surface area contributed by atoms with Gasteiger partial charge in [0.05, 0.1) is 18.0 Å². The molecule has 5 nitrogen and oxygen atoms in total. The van der Waals surface area contributed by atoms with Crippen LogP contribution in [-0.4, -0.2) is 46.3 Å². The van der Waals surface area contributed by atoms with E-state index in [0.29, 0.717) is 13.0 Å². The normalized spacial score (nSPS) is 12.8. The highest BCUT2D eigenvalue weighted by Gasteiger charge is 2.17. The second-order valence-corrected chi connectivity index (χ2v) is 7.48. The van der Waals surface area contributed by atoms with Crippen molar-refractivity contribution in [2.45, 2.75) is 32.7 Å². The second-order valence-electron chi connectivity index (χ2n) is 5.30. The van der Waals surface area contributed by atoms with Crippen molar-refractivity contribution in [3.63, 3.8) is 0 Å². The molecule has 2 aromatic rings. The number of aliphatic hydroxyl groups excluding tert-OH is 1. The van der Waals surface area contributed by atoms with Crippen LogP contribution in [0.15, 0.2) is 0 Å². The molecule has 2 aromatic heterocycles. The van der Waals surface area contributed by atoms with E-state index in [1.165, 1.54) is 10.4 Å². The Morgan fingerprint density at radius 2 is 2.14 bits per heavy atom. The van der Waals surface area contributed by atoms with Crippen LogP contribution in [0.1, 0.15) is 22.7 Å². The van der Waals surface area contributed by atoms with Gasteiger partial charge in [0.15, 0.2) is 0 Å². The maximum Gasteiger partial charge on any atom is 0.139 e. The van der Waals surface area contributed by atoms with Crippen molar-refractivity contribution < 1.29 is 5.11 Å². The molecule has 0 bridgehead atoms. The fourth-order valence-corrected chi connectivity index (χ4v) is 3.87. The fraction of sp³-hybridized carbons (Fsp3) is 0.600. The summed E-state index contributed by atoms with van der Waals surface area (Å²) in [6, 6.07) is 0.0101. The lowest BCUT2D eigenvalue weighted by atomic mass is 10.2. The first-order chi connectivity index (χ1) is 10.6. The number of aromatic nitrogens is 2. The lowest BCUT2D eigenvalue weighted by molar-refractivity contribution is 0.272. The van der Waals surface area contributed by atoms with Gasteiger partial charge in [0.2, 0.25) is 0 Å². The van der Waals surface area contributed by atoms with Crippen molar-refractivity contribution in [2.75, 3.05) is 30.5 Å². The largest absolute Gasteiger partial charge is 0.394 e. The molecule has 0 amide bonds. The smallest absolute Gasteiger partial charge is 0.139 e.